The largest absolute Gasteiger partial charge is 0.489 e. The van der Waals surface area contributed by atoms with E-state index in [0.717, 1.165) is 16.7 Å². The zero-order chi connectivity index (χ0) is 21.5. The van der Waals surface area contributed by atoms with Gasteiger partial charge >= 0.3 is 0 Å². The fourth-order valence-corrected chi connectivity index (χ4v) is 3.45. The van der Waals surface area contributed by atoms with Gasteiger partial charge < -0.3 is 10.1 Å². The second-order valence-electron chi connectivity index (χ2n) is 7.53. The summed E-state index contributed by atoms with van der Waals surface area (Å²) in [7, 11) is 0. The molecule has 31 heavy (non-hydrogen) atoms. The summed E-state index contributed by atoms with van der Waals surface area (Å²) in [6.45, 7) is 2.52. The predicted molar refractivity (Wildman–Crippen MR) is 124 cm³/mol. The monoisotopic (exact) mass is 407 g/mol. The molecule has 0 aromatic heterocycles. The van der Waals surface area contributed by atoms with Gasteiger partial charge in [-0.25, -0.2) is 0 Å². The van der Waals surface area contributed by atoms with Crippen molar-refractivity contribution in [2.24, 2.45) is 0 Å². The Kier molecular flexibility index (Phi) is 6.44. The Morgan fingerprint density at radius 2 is 1.42 bits per heavy atom. The number of carbonyl (C=O) groups is 1. The molecular formula is C28H25NO2. The summed E-state index contributed by atoms with van der Waals surface area (Å²) < 4.78 is 5.89. The number of nitrogens with one attached hydrogen (secondary N) is 1. The van der Waals surface area contributed by atoms with Crippen LogP contribution in [0.4, 0.5) is 0 Å². The van der Waals surface area contributed by atoms with Crippen molar-refractivity contribution >= 4 is 5.91 Å². The van der Waals surface area contributed by atoms with Gasteiger partial charge in [-0.15, -0.1) is 0 Å². The van der Waals surface area contributed by atoms with Crippen LogP contribution in [0.5, 0.6) is 5.75 Å². The zero-order valence-corrected chi connectivity index (χ0v) is 17.5. The van der Waals surface area contributed by atoms with Gasteiger partial charge in [-0.2, -0.15) is 0 Å². The van der Waals surface area contributed by atoms with Crippen molar-refractivity contribution in [2.75, 3.05) is 0 Å². The van der Waals surface area contributed by atoms with E-state index in [0.29, 0.717) is 17.9 Å². The average Bonchev–Trinajstić information content (AvgIpc) is 2.83. The number of benzene rings is 4. The normalized spacial score (nSPS) is 11.5. The van der Waals surface area contributed by atoms with Crippen LogP contribution in [0.25, 0.3) is 0 Å². The van der Waals surface area contributed by atoms with E-state index in [1.807, 2.05) is 78.9 Å². The summed E-state index contributed by atoms with van der Waals surface area (Å²) in [5.41, 5.74) is 4.92. The lowest BCUT2D eigenvalue weighted by Gasteiger charge is -2.20. The highest BCUT2D eigenvalue weighted by molar-refractivity contribution is 5.95. The van der Waals surface area contributed by atoms with Crippen molar-refractivity contribution in [1.29, 1.82) is 0 Å². The second-order valence-corrected chi connectivity index (χ2v) is 7.53. The SMILES string of the molecule is Cc1ccc([C@@H](NC(=O)c2cccc(OCc3ccccc3)c2)c2ccccc2)cc1. The zero-order valence-electron chi connectivity index (χ0n) is 17.5. The van der Waals surface area contributed by atoms with Crippen LogP contribution < -0.4 is 10.1 Å². The Balaban J connectivity index is 1.52. The first-order chi connectivity index (χ1) is 15.2. The summed E-state index contributed by atoms with van der Waals surface area (Å²) in [4.78, 5) is 13.1. The van der Waals surface area contributed by atoms with Crippen LogP contribution in [-0.4, -0.2) is 5.91 Å². The number of hydrogen-bond donors (Lipinski definition) is 1. The van der Waals surface area contributed by atoms with Crippen molar-refractivity contribution in [3.05, 3.63) is 137 Å². The third-order valence-electron chi connectivity index (χ3n) is 5.16. The highest BCUT2D eigenvalue weighted by Crippen LogP contribution is 2.24. The van der Waals surface area contributed by atoms with Crippen molar-refractivity contribution in [3.8, 4) is 5.75 Å². The molecule has 0 heterocycles. The molecule has 0 unspecified atom stereocenters. The maximum Gasteiger partial charge on any atom is 0.252 e. The molecule has 0 aliphatic heterocycles. The van der Waals surface area contributed by atoms with E-state index in [1.165, 1.54) is 5.56 Å². The molecule has 1 atom stereocenters. The number of hydrogen-bond acceptors (Lipinski definition) is 2. The maximum atomic E-state index is 13.1. The first kappa shape index (κ1) is 20.4. The fourth-order valence-electron chi connectivity index (χ4n) is 3.45. The molecule has 4 aromatic carbocycles. The Hall–Kier alpha value is -3.85. The molecule has 4 aromatic rings. The second kappa shape index (κ2) is 9.77. The van der Waals surface area contributed by atoms with Gasteiger partial charge in [-0.3, -0.25) is 4.79 Å². The van der Waals surface area contributed by atoms with Crippen LogP contribution in [0.3, 0.4) is 0 Å². The molecule has 0 saturated carbocycles. The number of rotatable bonds is 7. The summed E-state index contributed by atoms with van der Waals surface area (Å²) in [6, 6.07) is 35.3. The van der Waals surface area contributed by atoms with E-state index in [-0.39, 0.29) is 11.9 Å². The minimum absolute atomic E-state index is 0.139. The molecule has 0 fully saturated rings. The van der Waals surface area contributed by atoms with Crippen molar-refractivity contribution < 1.29 is 9.53 Å². The standard InChI is InChI=1S/C28H25NO2/c1-21-15-17-24(18-16-21)27(23-11-6-3-7-12-23)29-28(30)25-13-8-14-26(19-25)31-20-22-9-4-2-5-10-22/h2-19,27H,20H2,1H3,(H,29,30)/t27-/m0/s1. The summed E-state index contributed by atoms with van der Waals surface area (Å²) >= 11 is 0. The molecule has 154 valence electrons. The lowest BCUT2D eigenvalue weighted by Crippen LogP contribution is -2.29. The van der Waals surface area contributed by atoms with E-state index in [1.54, 1.807) is 6.07 Å². The smallest absolute Gasteiger partial charge is 0.252 e. The van der Waals surface area contributed by atoms with E-state index in [9.17, 15) is 4.79 Å². The third kappa shape index (κ3) is 5.40. The quantitative estimate of drug-likeness (QED) is 0.402. The van der Waals surface area contributed by atoms with E-state index in [4.69, 9.17) is 4.74 Å². The number of amides is 1. The van der Waals surface area contributed by atoms with Crippen LogP contribution in [0.1, 0.15) is 38.7 Å². The van der Waals surface area contributed by atoms with Gasteiger partial charge in [-0.05, 0) is 41.8 Å². The van der Waals surface area contributed by atoms with E-state index in [2.05, 4.69) is 36.5 Å². The molecule has 0 aliphatic rings. The number of ether oxygens (including phenoxy) is 1. The Bertz CT molecular complexity index is 1120. The topological polar surface area (TPSA) is 38.3 Å². The maximum absolute atomic E-state index is 13.1. The summed E-state index contributed by atoms with van der Waals surface area (Å²) in [6.07, 6.45) is 0. The molecule has 0 saturated heterocycles. The molecule has 3 heteroatoms. The van der Waals surface area contributed by atoms with Crippen LogP contribution in [0.2, 0.25) is 0 Å². The summed E-state index contributed by atoms with van der Waals surface area (Å²) in [5, 5.41) is 3.19. The third-order valence-corrected chi connectivity index (χ3v) is 5.16. The van der Waals surface area contributed by atoms with Crippen LogP contribution >= 0.6 is 0 Å². The predicted octanol–water partition coefficient (Wildman–Crippen LogP) is 6.09. The minimum atomic E-state index is -0.233. The van der Waals surface area contributed by atoms with Crippen molar-refractivity contribution in [3.63, 3.8) is 0 Å². The van der Waals surface area contributed by atoms with Gasteiger partial charge in [0.25, 0.3) is 5.91 Å². The molecule has 0 aliphatic carbocycles. The molecule has 4 rings (SSSR count). The highest BCUT2D eigenvalue weighted by Gasteiger charge is 2.18. The molecule has 0 radical (unpaired) electrons. The first-order valence-corrected chi connectivity index (χ1v) is 10.4. The average molecular weight is 408 g/mol. The van der Waals surface area contributed by atoms with E-state index < -0.39 is 0 Å². The van der Waals surface area contributed by atoms with Gasteiger partial charge in [0, 0.05) is 5.56 Å². The molecule has 0 spiro atoms. The van der Waals surface area contributed by atoms with Gasteiger partial charge in [0.2, 0.25) is 0 Å². The molecule has 1 N–H and O–H groups in total. The van der Waals surface area contributed by atoms with E-state index >= 15 is 0 Å². The van der Waals surface area contributed by atoms with Crippen LogP contribution in [0, 0.1) is 6.92 Å². The van der Waals surface area contributed by atoms with Gasteiger partial charge in [0.05, 0.1) is 6.04 Å². The van der Waals surface area contributed by atoms with Gasteiger partial charge in [-0.1, -0.05) is 96.6 Å². The van der Waals surface area contributed by atoms with Gasteiger partial charge in [0.15, 0.2) is 0 Å². The number of aryl methyl sites for hydroxylation is 1. The van der Waals surface area contributed by atoms with Crippen LogP contribution in [-0.2, 0) is 6.61 Å². The lowest BCUT2D eigenvalue weighted by atomic mass is 9.97. The van der Waals surface area contributed by atoms with Crippen LogP contribution in [0.15, 0.2) is 109 Å². The molecule has 3 nitrogen and oxygen atoms in total. The Labute approximate surface area is 183 Å². The Morgan fingerprint density at radius 3 is 2.13 bits per heavy atom. The summed E-state index contributed by atoms with van der Waals surface area (Å²) in [5.74, 6) is 0.530. The number of carbonyl (C=O) groups excluding carboxylic acids is 1. The fraction of sp³-hybridized carbons (Fsp3) is 0.107. The first-order valence-electron chi connectivity index (χ1n) is 10.4. The Morgan fingerprint density at radius 1 is 0.774 bits per heavy atom. The lowest BCUT2D eigenvalue weighted by molar-refractivity contribution is 0.0942. The van der Waals surface area contributed by atoms with Gasteiger partial charge in [0.1, 0.15) is 12.4 Å². The minimum Gasteiger partial charge on any atom is -0.489 e. The van der Waals surface area contributed by atoms with Crippen molar-refractivity contribution in [1.82, 2.24) is 5.32 Å². The molecular weight excluding hydrogens is 382 g/mol. The highest BCUT2D eigenvalue weighted by atomic mass is 16.5. The molecule has 1 amide bonds. The molecule has 0 bridgehead atoms. The van der Waals surface area contributed by atoms with Crippen molar-refractivity contribution in [2.45, 2.75) is 19.6 Å².